The Morgan fingerprint density at radius 2 is 1.93 bits per heavy atom. The van der Waals surface area contributed by atoms with Crippen molar-refractivity contribution in [1.29, 1.82) is 0 Å². The molecule has 2 aromatic carbocycles. The number of nitrogens with zero attached hydrogens (tertiary/aromatic N) is 3. The van der Waals surface area contributed by atoms with E-state index in [-0.39, 0.29) is 11.8 Å². The third-order valence-electron chi connectivity index (χ3n) is 5.20. The minimum Gasteiger partial charge on any atom is -0.497 e. The van der Waals surface area contributed by atoms with Gasteiger partial charge in [-0.05, 0) is 36.8 Å². The molecule has 0 saturated heterocycles. The number of aryl methyl sites for hydroxylation is 1. The summed E-state index contributed by atoms with van der Waals surface area (Å²) >= 11 is 0. The smallest absolute Gasteiger partial charge is 0.231 e. The molecule has 2 aromatic heterocycles. The number of nitrogens with one attached hydrogen (secondary N) is 2. The fraction of sp³-hybridized carbons (Fsp3) is 0.190. The van der Waals surface area contributed by atoms with Crippen LogP contribution in [0.5, 0.6) is 5.75 Å². The number of imidazole rings is 1. The largest absolute Gasteiger partial charge is 0.497 e. The van der Waals surface area contributed by atoms with Crippen LogP contribution in [0.4, 0.5) is 5.82 Å². The Kier molecular flexibility index (Phi) is 3.68. The van der Waals surface area contributed by atoms with Gasteiger partial charge in [0, 0.05) is 17.9 Å². The minimum absolute atomic E-state index is 0.0365. The number of hydrogen-bond acceptors (Lipinski definition) is 4. The van der Waals surface area contributed by atoms with E-state index >= 15 is 0 Å². The standard InChI is InChI=1S/C21H19N5O2/c1-12-19-15(13-7-9-14(28-2)10-8-13)11-18(27)24-20(19)26(25-12)21-22-16-5-3-4-6-17(16)23-21/h3-10,15H,11H2,1-2H3,(H,22,23)(H,24,27). The van der Waals surface area contributed by atoms with E-state index in [9.17, 15) is 4.79 Å². The molecule has 0 bridgehead atoms. The molecule has 5 rings (SSSR count). The van der Waals surface area contributed by atoms with E-state index in [1.807, 2.05) is 55.5 Å². The van der Waals surface area contributed by atoms with Crippen molar-refractivity contribution in [2.24, 2.45) is 0 Å². The molecule has 0 saturated carbocycles. The number of benzene rings is 2. The number of amides is 1. The summed E-state index contributed by atoms with van der Waals surface area (Å²) in [6.07, 6.45) is 0.381. The van der Waals surface area contributed by atoms with Crippen LogP contribution in [-0.4, -0.2) is 32.8 Å². The van der Waals surface area contributed by atoms with Crippen molar-refractivity contribution in [3.05, 3.63) is 65.4 Å². The van der Waals surface area contributed by atoms with E-state index in [0.29, 0.717) is 18.2 Å². The van der Waals surface area contributed by atoms with Crippen molar-refractivity contribution in [2.75, 3.05) is 12.4 Å². The molecule has 3 heterocycles. The first-order valence-electron chi connectivity index (χ1n) is 9.12. The van der Waals surface area contributed by atoms with Gasteiger partial charge in [-0.15, -0.1) is 0 Å². The number of carbonyl (C=O) groups is 1. The van der Waals surface area contributed by atoms with Crippen LogP contribution in [0, 0.1) is 6.92 Å². The molecule has 1 atom stereocenters. The molecule has 28 heavy (non-hydrogen) atoms. The average molecular weight is 373 g/mol. The summed E-state index contributed by atoms with van der Waals surface area (Å²) in [6, 6.07) is 15.6. The number of H-pyrrole nitrogens is 1. The summed E-state index contributed by atoms with van der Waals surface area (Å²) in [4.78, 5) is 20.4. The average Bonchev–Trinajstić information content (AvgIpc) is 3.28. The van der Waals surface area contributed by atoms with E-state index in [1.54, 1.807) is 11.8 Å². The quantitative estimate of drug-likeness (QED) is 0.575. The molecule has 1 aliphatic heterocycles. The van der Waals surface area contributed by atoms with E-state index in [2.05, 4.69) is 20.4 Å². The lowest BCUT2D eigenvalue weighted by Crippen LogP contribution is -2.25. The Labute approximate surface area is 161 Å². The summed E-state index contributed by atoms with van der Waals surface area (Å²) < 4.78 is 6.95. The molecule has 7 heteroatoms. The second-order valence-electron chi connectivity index (χ2n) is 6.92. The van der Waals surface area contributed by atoms with Crippen molar-refractivity contribution in [2.45, 2.75) is 19.3 Å². The third-order valence-corrected chi connectivity index (χ3v) is 5.20. The van der Waals surface area contributed by atoms with Crippen LogP contribution >= 0.6 is 0 Å². The predicted octanol–water partition coefficient (Wildman–Crippen LogP) is 3.54. The Hall–Kier alpha value is -3.61. The number of methoxy groups -OCH3 is 1. The Balaban J connectivity index is 1.64. The number of fused-ring (bicyclic) bond motifs is 2. The zero-order valence-electron chi connectivity index (χ0n) is 15.6. The van der Waals surface area contributed by atoms with Gasteiger partial charge in [-0.1, -0.05) is 24.3 Å². The maximum absolute atomic E-state index is 12.5. The molecule has 1 unspecified atom stereocenters. The van der Waals surface area contributed by atoms with Gasteiger partial charge in [0.15, 0.2) is 0 Å². The number of hydrogen-bond donors (Lipinski definition) is 2. The number of aromatic amines is 1. The van der Waals surface area contributed by atoms with E-state index in [0.717, 1.165) is 33.6 Å². The molecule has 4 aromatic rings. The highest BCUT2D eigenvalue weighted by molar-refractivity contribution is 5.95. The Morgan fingerprint density at radius 3 is 2.68 bits per heavy atom. The summed E-state index contributed by atoms with van der Waals surface area (Å²) in [6.45, 7) is 1.96. The van der Waals surface area contributed by atoms with Crippen molar-refractivity contribution < 1.29 is 9.53 Å². The van der Waals surface area contributed by atoms with Crippen LogP contribution in [-0.2, 0) is 4.79 Å². The molecule has 1 aliphatic rings. The lowest BCUT2D eigenvalue weighted by atomic mass is 9.86. The topological polar surface area (TPSA) is 84.8 Å². The van der Waals surface area contributed by atoms with E-state index < -0.39 is 0 Å². The first-order chi connectivity index (χ1) is 13.6. The van der Waals surface area contributed by atoms with Crippen LogP contribution in [0.1, 0.15) is 29.2 Å². The number of para-hydroxylation sites is 2. The molecule has 2 N–H and O–H groups in total. The first-order valence-corrected chi connectivity index (χ1v) is 9.12. The Bertz CT molecular complexity index is 1160. The number of ether oxygens (including phenoxy) is 1. The molecular weight excluding hydrogens is 354 g/mol. The fourth-order valence-corrected chi connectivity index (χ4v) is 3.86. The van der Waals surface area contributed by atoms with Crippen molar-refractivity contribution in [1.82, 2.24) is 19.7 Å². The monoisotopic (exact) mass is 373 g/mol. The van der Waals surface area contributed by atoms with E-state index in [1.165, 1.54) is 0 Å². The van der Waals surface area contributed by atoms with Gasteiger partial charge in [-0.2, -0.15) is 9.78 Å². The van der Waals surface area contributed by atoms with Gasteiger partial charge < -0.3 is 15.0 Å². The lowest BCUT2D eigenvalue weighted by Gasteiger charge is -2.24. The highest BCUT2D eigenvalue weighted by Crippen LogP contribution is 2.40. The molecular formula is C21H19N5O2. The maximum Gasteiger partial charge on any atom is 0.231 e. The Morgan fingerprint density at radius 1 is 1.14 bits per heavy atom. The van der Waals surface area contributed by atoms with Gasteiger partial charge >= 0.3 is 0 Å². The highest BCUT2D eigenvalue weighted by atomic mass is 16.5. The molecule has 0 aliphatic carbocycles. The summed E-state index contributed by atoms with van der Waals surface area (Å²) in [5.74, 6) is 1.95. The van der Waals surface area contributed by atoms with Gasteiger partial charge in [0.05, 0.1) is 23.8 Å². The first kappa shape index (κ1) is 16.6. The van der Waals surface area contributed by atoms with Crippen LogP contribution in [0.25, 0.3) is 17.0 Å². The SMILES string of the molecule is COc1ccc(C2CC(=O)Nc3c2c(C)nn3-c2nc3ccccc3[nH]2)cc1. The second-order valence-corrected chi connectivity index (χ2v) is 6.92. The van der Waals surface area contributed by atoms with Gasteiger partial charge in [0.1, 0.15) is 11.6 Å². The minimum atomic E-state index is -0.0622. The number of rotatable bonds is 3. The number of carbonyl (C=O) groups excluding carboxylic acids is 1. The van der Waals surface area contributed by atoms with Crippen molar-refractivity contribution >= 4 is 22.8 Å². The zero-order chi connectivity index (χ0) is 19.3. The van der Waals surface area contributed by atoms with Gasteiger partial charge in [-0.25, -0.2) is 4.98 Å². The molecule has 1 amide bonds. The molecule has 0 fully saturated rings. The van der Waals surface area contributed by atoms with Crippen LogP contribution in [0.3, 0.4) is 0 Å². The molecule has 7 nitrogen and oxygen atoms in total. The normalized spacial score (nSPS) is 16.1. The summed E-state index contributed by atoms with van der Waals surface area (Å²) in [5.41, 5.74) is 4.73. The van der Waals surface area contributed by atoms with E-state index in [4.69, 9.17) is 4.74 Å². The summed E-state index contributed by atoms with van der Waals surface area (Å²) in [5, 5.41) is 7.68. The molecule has 0 spiro atoms. The highest BCUT2D eigenvalue weighted by Gasteiger charge is 2.33. The van der Waals surface area contributed by atoms with Crippen molar-refractivity contribution in [3.8, 4) is 11.7 Å². The summed E-state index contributed by atoms with van der Waals surface area (Å²) in [7, 11) is 1.64. The molecule has 140 valence electrons. The van der Waals surface area contributed by atoms with Crippen LogP contribution < -0.4 is 10.1 Å². The predicted molar refractivity (Wildman–Crippen MR) is 106 cm³/mol. The lowest BCUT2D eigenvalue weighted by molar-refractivity contribution is -0.116. The second kappa shape index (κ2) is 6.23. The number of anilines is 1. The zero-order valence-corrected chi connectivity index (χ0v) is 15.6. The van der Waals surface area contributed by atoms with Gasteiger partial charge in [0.25, 0.3) is 0 Å². The van der Waals surface area contributed by atoms with Gasteiger partial charge in [0.2, 0.25) is 11.9 Å². The maximum atomic E-state index is 12.5. The van der Waals surface area contributed by atoms with Crippen molar-refractivity contribution in [3.63, 3.8) is 0 Å². The van der Waals surface area contributed by atoms with Crippen LogP contribution in [0.15, 0.2) is 48.5 Å². The van der Waals surface area contributed by atoms with Crippen LogP contribution in [0.2, 0.25) is 0 Å². The number of aromatic nitrogens is 4. The third kappa shape index (κ3) is 2.55. The van der Waals surface area contributed by atoms with Gasteiger partial charge in [-0.3, -0.25) is 4.79 Å². The molecule has 0 radical (unpaired) electrons. The fourth-order valence-electron chi connectivity index (χ4n) is 3.86.